The number of hydrogen-bond acceptors (Lipinski definition) is 11. The van der Waals surface area contributed by atoms with Crippen LogP contribution in [-0.4, -0.2) is 58.9 Å². The third-order valence-corrected chi connectivity index (χ3v) is 15.5. The summed E-state index contributed by atoms with van der Waals surface area (Å²) in [5.41, 5.74) is 5.78. The van der Waals surface area contributed by atoms with Gasteiger partial charge in [-0.2, -0.15) is 20.4 Å². The van der Waals surface area contributed by atoms with Crippen molar-refractivity contribution in [3.63, 3.8) is 0 Å². The van der Waals surface area contributed by atoms with Crippen molar-refractivity contribution in [2.75, 3.05) is 13.1 Å². The first-order valence-electron chi connectivity index (χ1n) is 19.2. The van der Waals surface area contributed by atoms with Crippen molar-refractivity contribution in [3.05, 3.63) is 131 Å². The number of piperidine rings is 2. The average Bonchev–Trinajstić information content (AvgIpc) is 3.94. The normalized spacial score (nSPS) is 18.5. The fourth-order valence-corrected chi connectivity index (χ4v) is 11.6. The minimum atomic E-state index is -3.82. The molecule has 4 heterocycles. The van der Waals surface area contributed by atoms with Crippen LogP contribution >= 0.6 is 11.8 Å². The first-order valence-corrected chi connectivity index (χ1v) is 23.2. The molecule has 2 saturated heterocycles. The summed E-state index contributed by atoms with van der Waals surface area (Å²) in [6.45, 7) is 4.76. The first-order chi connectivity index (χ1) is 27.6. The molecule has 2 unspecified atom stereocenters. The van der Waals surface area contributed by atoms with Crippen LogP contribution in [-0.2, 0) is 31.6 Å². The van der Waals surface area contributed by atoms with Crippen molar-refractivity contribution < 1.29 is 25.7 Å². The topological polar surface area (TPSA) is 153 Å². The van der Waals surface area contributed by atoms with Gasteiger partial charge in [-0.25, -0.2) is 16.8 Å². The number of thioether (sulfide) groups is 1. The van der Waals surface area contributed by atoms with E-state index in [4.69, 9.17) is 8.83 Å². The Morgan fingerprint density at radius 1 is 0.544 bits per heavy atom. The Kier molecular flexibility index (Phi) is 11.5. The molecule has 8 rings (SSSR count). The van der Waals surface area contributed by atoms with E-state index in [-0.39, 0.29) is 9.79 Å². The molecule has 0 radical (unpaired) electrons. The molecule has 0 amide bonds. The zero-order chi connectivity index (χ0) is 39.6. The van der Waals surface area contributed by atoms with Gasteiger partial charge in [0.15, 0.2) is 0 Å². The van der Waals surface area contributed by atoms with Crippen LogP contribution in [0.4, 0.5) is 0 Å². The van der Waals surface area contributed by atoms with Gasteiger partial charge in [0, 0.05) is 35.7 Å². The maximum absolute atomic E-state index is 13.9. The highest BCUT2D eigenvalue weighted by atomic mass is 32.2. The Labute approximate surface area is 337 Å². The summed E-state index contributed by atoms with van der Waals surface area (Å²) in [5, 5.41) is 17.0. The number of aryl methyl sites for hydroxylation is 2. The van der Waals surface area contributed by atoms with Crippen molar-refractivity contribution in [1.82, 2.24) is 29.0 Å². The molecule has 4 aromatic carbocycles. The molecule has 0 saturated carbocycles. The van der Waals surface area contributed by atoms with Gasteiger partial charge >= 0.3 is 0 Å². The Balaban J connectivity index is 0.881. The molecule has 2 aromatic heterocycles. The minimum Gasteiger partial charge on any atom is -0.419 e. The van der Waals surface area contributed by atoms with Crippen LogP contribution in [0.1, 0.15) is 84.6 Å². The number of rotatable bonds is 12. The molecular formula is C42H44N6O6S3. The highest BCUT2D eigenvalue weighted by Gasteiger charge is 2.39. The molecule has 2 aliphatic heterocycles. The molecule has 0 N–H and O–H groups in total. The SMILES string of the molecule is Cc1ccc(-c2nnc(C3CCCCN3S(=O)(=O)c3ccc(CSCc4ccc(S(=O)(=O)N5CCCCC5c5nnc(-c6ccc(C)cc6)o5)cc4)cc3)o2)cc1. The van der Waals surface area contributed by atoms with Crippen LogP contribution < -0.4 is 0 Å². The van der Waals surface area contributed by atoms with Gasteiger partial charge in [-0.3, -0.25) is 0 Å². The van der Waals surface area contributed by atoms with E-state index >= 15 is 0 Å². The first kappa shape index (κ1) is 39.2. The van der Waals surface area contributed by atoms with Crippen molar-refractivity contribution in [2.45, 2.75) is 85.8 Å². The predicted molar refractivity (Wildman–Crippen MR) is 218 cm³/mol. The van der Waals surface area contributed by atoms with E-state index in [2.05, 4.69) is 20.4 Å². The van der Waals surface area contributed by atoms with E-state index in [0.717, 1.165) is 59.1 Å². The van der Waals surface area contributed by atoms with Crippen molar-refractivity contribution in [1.29, 1.82) is 0 Å². The standard InChI is InChI=1S/C42H44N6O6S3/c1-29-9-17-33(18-10-29)39-43-45-41(53-39)37-7-3-5-25-47(37)56(49,50)35-21-13-31(14-22-35)27-55-28-32-15-23-36(24-16-32)57(51,52)48-26-6-4-8-38(48)42-46-44-40(54-42)34-19-11-30(2)12-20-34/h9-24,37-38H,3-8,25-28H2,1-2H3. The Morgan fingerprint density at radius 2 is 0.930 bits per heavy atom. The smallest absolute Gasteiger partial charge is 0.247 e. The maximum Gasteiger partial charge on any atom is 0.247 e. The van der Waals surface area contributed by atoms with Crippen LogP contribution in [0.25, 0.3) is 22.9 Å². The minimum absolute atomic E-state index is 0.222. The zero-order valence-electron chi connectivity index (χ0n) is 31.8. The van der Waals surface area contributed by atoms with E-state index in [0.29, 0.717) is 61.0 Å². The van der Waals surface area contributed by atoms with E-state index in [1.807, 2.05) is 86.6 Å². The highest BCUT2D eigenvalue weighted by Crippen LogP contribution is 2.38. The molecule has 6 aromatic rings. The van der Waals surface area contributed by atoms with Gasteiger partial charge in [-0.1, -0.05) is 72.5 Å². The molecule has 2 fully saturated rings. The van der Waals surface area contributed by atoms with E-state index in [1.54, 1.807) is 36.0 Å². The molecule has 15 heteroatoms. The van der Waals surface area contributed by atoms with Crippen LogP contribution in [0.3, 0.4) is 0 Å². The summed E-state index contributed by atoms with van der Waals surface area (Å²) >= 11 is 1.67. The molecule has 296 valence electrons. The lowest BCUT2D eigenvalue weighted by atomic mass is 10.1. The fraction of sp³-hybridized carbons (Fsp3) is 0.333. The summed E-state index contributed by atoms with van der Waals surface area (Å²) < 4.78 is 70.7. The summed E-state index contributed by atoms with van der Waals surface area (Å²) in [6, 6.07) is 28.5. The average molecular weight is 825 g/mol. The summed E-state index contributed by atoms with van der Waals surface area (Å²) in [4.78, 5) is 0.444. The molecule has 0 bridgehead atoms. The predicted octanol–water partition coefficient (Wildman–Crippen LogP) is 8.67. The molecule has 2 atom stereocenters. The van der Waals surface area contributed by atoms with Crippen LogP contribution in [0, 0.1) is 13.8 Å². The zero-order valence-corrected chi connectivity index (χ0v) is 34.3. The second kappa shape index (κ2) is 16.7. The summed E-state index contributed by atoms with van der Waals surface area (Å²) in [6.07, 6.45) is 4.44. The van der Waals surface area contributed by atoms with Gasteiger partial charge in [0.25, 0.3) is 0 Å². The maximum atomic E-state index is 13.9. The van der Waals surface area contributed by atoms with Crippen LogP contribution in [0.15, 0.2) is 116 Å². The quantitative estimate of drug-likeness (QED) is 0.117. The molecule has 0 spiro atoms. The number of aromatic nitrogens is 4. The Bertz CT molecular complexity index is 2350. The second-order valence-electron chi connectivity index (χ2n) is 14.7. The van der Waals surface area contributed by atoms with E-state index < -0.39 is 32.1 Å². The van der Waals surface area contributed by atoms with Gasteiger partial charge in [0.2, 0.25) is 43.6 Å². The number of benzene rings is 4. The summed E-state index contributed by atoms with van der Waals surface area (Å²) in [5.74, 6) is 2.66. The lowest BCUT2D eigenvalue weighted by Crippen LogP contribution is -2.38. The van der Waals surface area contributed by atoms with Gasteiger partial charge in [-0.05, 0) is 99.2 Å². The molecule has 0 aliphatic carbocycles. The monoisotopic (exact) mass is 824 g/mol. The summed E-state index contributed by atoms with van der Waals surface area (Å²) in [7, 11) is -7.64. The van der Waals surface area contributed by atoms with E-state index in [1.165, 1.54) is 8.61 Å². The van der Waals surface area contributed by atoms with Gasteiger partial charge in [0.1, 0.15) is 12.1 Å². The molecule has 12 nitrogen and oxygen atoms in total. The van der Waals surface area contributed by atoms with E-state index in [9.17, 15) is 16.8 Å². The van der Waals surface area contributed by atoms with Crippen LogP contribution in [0.2, 0.25) is 0 Å². The van der Waals surface area contributed by atoms with Crippen molar-refractivity contribution in [3.8, 4) is 22.9 Å². The highest BCUT2D eigenvalue weighted by molar-refractivity contribution is 7.97. The fourth-order valence-electron chi connectivity index (χ4n) is 7.32. The molecule has 2 aliphatic rings. The Hall–Kier alpha value is -4.67. The van der Waals surface area contributed by atoms with Gasteiger partial charge in [0.05, 0.1) is 9.79 Å². The lowest BCUT2D eigenvalue weighted by molar-refractivity contribution is 0.220. The number of nitrogens with zero attached hydrogens (tertiary/aromatic N) is 6. The second-order valence-corrected chi connectivity index (χ2v) is 19.4. The Morgan fingerprint density at radius 3 is 1.32 bits per heavy atom. The molecule has 57 heavy (non-hydrogen) atoms. The molecular weight excluding hydrogens is 781 g/mol. The van der Waals surface area contributed by atoms with Gasteiger partial charge in [-0.15, -0.1) is 20.4 Å². The number of sulfonamides is 2. The largest absolute Gasteiger partial charge is 0.419 e. The van der Waals surface area contributed by atoms with Gasteiger partial charge < -0.3 is 8.83 Å². The number of hydrogen-bond donors (Lipinski definition) is 0. The van der Waals surface area contributed by atoms with Crippen LogP contribution in [0.5, 0.6) is 0 Å². The third kappa shape index (κ3) is 8.49. The third-order valence-electron chi connectivity index (χ3n) is 10.6. The lowest BCUT2D eigenvalue weighted by Gasteiger charge is -2.32. The van der Waals surface area contributed by atoms with Crippen molar-refractivity contribution in [2.24, 2.45) is 0 Å². The van der Waals surface area contributed by atoms with Crippen molar-refractivity contribution >= 4 is 31.8 Å².